The summed E-state index contributed by atoms with van der Waals surface area (Å²) in [5, 5.41) is 10.1. The highest BCUT2D eigenvalue weighted by atomic mass is 16.5. The second-order valence-corrected chi connectivity index (χ2v) is 5.49. The molecule has 0 atom stereocenters. The minimum absolute atomic E-state index is 0.0450. The number of nitrogens with zero attached hydrogens (tertiary/aromatic N) is 1. The topological polar surface area (TPSA) is 49.8 Å². The Morgan fingerprint density at radius 3 is 2.68 bits per heavy atom. The van der Waals surface area contributed by atoms with Gasteiger partial charge in [-0.05, 0) is 43.7 Å². The average molecular weight is 261 g/mol. The Morgan fingerprint density at radius 1 is 1.37 bits per heavy atom. The molecule has 1 amide bonds. The summed E-state index contributed by atoms with van der Waals surface area (Å²) in [6.07, 6.45) is 4.62. The Morgan fingerprint density at radius 2 is 2.11 bits per heavy atom. The monoisotopic (exact) mass is 261 g/mol. The first-order chi connectivity index (χ1) is 9.20. The van der Waals surface area contributed by atoms with Gasteiger partial charge >= 0.3 is 0 Å². The van der Waals surface area contributed by atoms with Gasteiger partial charge in [0.15, 0.2) is 11.5 Å². The maximum atomic E-state index is 12.6. The molecule has 0 bridgehead atoms. The van der Waals surface area contributed by atoms with Crippen molar-refractivity contribution >= 4 is 5.91 Å². The molecule has 19 heavy (non-hydrogen) atoms. The summed E-state index contributed by atoms with van der Waals surface area (Å²) in [7, 11) is 1.49. The second-order valence-electron chi connectivity index (χ2n) is 5.49. The van der Waals surface area contributed by atoms with E-state index in [0.717, 1.165) is 19.4 Å². The molecule has 1 aromatic rings. The van der Waals surface area contributed by atoms with Crippen LogP contribution in [0.15, 0.2) is 18.2 Å². The summed E-state index contributed by atoms with van der Waals surface area (Å²) in [6.45, 7) is 0.833. The van der Waals surface area contributed by atoms with Gasteiger partial charge in [0.2, 0.25) is 0 Å². The van der Waals surface area contributed by atoms with Gasteiger partial charge in [0.25, 0.3) is 5.91 Å². The van der Waals surface area contributed by atoms with Crippen molar-refractivity contribution in [1.82, 2.24) is 4.90 Å². The third kappa shape index (κ3) is 2.53. The molecule has 0 aliphatic heterocycles. The van der Waals surface area contributed by atoms with E-state index in [0.29, 0.717) is 23.3 Å². The minimum Gasteiger partial charge on any atom is -0.504 e. The normalized spacial score (nSPS) is 18.2. The molecule has 0 spiro atoms. The van der Waals surface area contributed by atoms with Crippen molar-refractivity contribution in [3.63, 3.8) is 0 Å². The van der Waals surface area contributed by atoms with Gasteiger partial charge in [0, 0.05) is 12.6 Å². The number of phenols is 1. The number of carbonyl (C=O) groups is 1. The highest BCUT2D eigenvalue weighted by Crippen LogP contribution is 2.37. The fraction of sp³-hybridized carbons (Fsp3) is 0.533. The third-order valence-corrected chi connectivity index (χ3v) is 3.85. The van der Waals surface area contributed by atoms with Crippen LogP contribution < -0.4 is 4.74 Å². The number of aromatic hydroxyl groups is 1. The fourth-order valence-corrected chi connectivity index (χ4v) is 2.38. The first-order valence-electron chi connectivity index (χ1n) is 6.87. The van der Waals surface area contributed by atoms with Crippen molar-refractivity contribution in [3.05, 3.63) is 23.8 Å². The molecule has 2 saturated carbocycles. The number of benzene rings is 1. The molecule has 1 aromatic carbocycles. The molecule has 1 N–H and O–H groups in total. The molecule has 0 radical (unpaired) electrons. The number of methoxy groups -OCH3 is 1. The summed E-state index contributed by atoms with van der Waals surface area (Å²) in [6, 6.07) is 5.45. The number of rotatable bonds is 5. The lowest BCUT2D eigenvalue weighted by molar-refractivity contribution is 0.0731. The molecule has 0 saturated heterocycles. The number of carbonyl (C=O) groups excluding carboxylic acids is 1. The van der Waals surface area contributed by atoms with E-state index < -0.39 is 0 Å². The molecule has 2 aliphatic carbocycles. The smallest absolute Gasteiger partial charge is 0.258 e. The fourth-order valence-electron chi connectivity index (χ4n) is 2.38. The Kier molecular flexibility index (Phi) is 3.09. The standard InChI is InChI=1S/C15H19NO3/c1-19-13-4-2-3-12(14(13)17)15(18)16(11-7-8-11)9-10-5-6-10/h2-4,10-11,17H,5-9H2,1H3. The van der Waals surface area contributed by atoms with E-state index in [9.17, 15) is 9.90 Å². The molecule has 2 fully saturated rings. The summed E-state index contributed by atoms with van der Waals surface area (Å²) < 4.78 is 5.06. The molecular weight excluding hydrogens is 242 g/mol. The van der Waals surface area contributed by atoms with E-state index in [1.165, 1.54) is 20.0 Å². The van der Waals surface area contributed by atoms with Crippen molar-refractivity contribution in [3.8, 4) is 11.5 Å². The number of hydrogen-bond donors (Lipinski definition) is 1. The number of ether oxygens (including phenoxy) is 1. The van der Waals surface area contributed by atoms with E-state index in [1.807, 2.05) is 4.90 Å². The van der Waals surface area contributed by atoms with Gasteiger partial charge in [-0.1, -0.05) is 6.07 Å². The number of phenolic OH excluding ortho intramolecular Hbond substituents is 1. The molecule has 3 rings (SSSR count). The van der Waals surface area contributed by atoms with Gasteiger partial charge in [0.1, 0.15) is 0 Å². The Hall–Kier alpha value is -1.71. The third-order valence-electron chi connectivity index (χ3n) is 3.85. The summed E-state index contributed by atoms with van der Waals surface area (Å²) >= 11 is 0. The molecule has 0 unspecified atom stereocenters. The summed E-state index contributed by atoms with van der Waals surface area (Å²) in [5.74, 6) is 0.910. The molecule has 4 heteroatoms. The first-order valence-corrected chi connectivity index (χ1v) is 6.87. The van der Waals surface area contributed by atoms with E-state index in [1.54, 1.807) is 18.2 Å². The van der Waals surface area contributed by atoms with E-state index in [2.05, 4.69) is 0 Å². The highest BCUT2D eigenvalue weighted by molar-refractivity contribution is 5.98. The van der Waals surface area contributed by atoms with Crippen LogP contribution >= 0.6 is 0 Å². The largest absolute Gasteiger partial charge is 0.504 e. The van der Waals surface area contributed by atoms with Crippen LogP contribution in [0.4, 0.5) is 0 Å². The minimum atomic E-state index is -0.0641. The van der Waals surface area contributed by atoms with Gasteiger partial charge < -0.3 is 14.7 Å². The van der Waals surface area contributed by atoms with Gasteiger partial charge in [-0.3, -0.25) is 4.79 Å². The van der Waals surface area contributed by atoms with Crippen molar-refractivity contribution < 1.29 is 14.6 Å². The lowest BCUT2D eigenvalue weighted by Gasteiger charge is -2.23. The van der Waals surface area contributed by atoms with Crippen LogP contribution in [-0.2, 0) is 0 Å². The number of amides is 1. The van der Waals surface area contributed by atoms with Crippen LogP contribution in [0, 0.1) is 5.92 Å². The van der Waals surface area contributed by atoms with Crippen LogP contribution in [0.1, 0.15) is 36.0 Å². The Bertz CT molecular complexity index is 492. The van der Waals surface area contributed by atoms with Gasteiger partial charge in [-0.15, -0.1) is 0 Å². The van der Waals surface area contributed by atoms with E-state index in [4.69, 9.17) is 4.74 Å². The lowest BCUT2D eigenvalue weighted by atomic mass is 10.1. The average Bonchev–Trinajstić information content (AvgIpc) is 3.28. The van der Waals surface area contributed by atoms with Crippen LogP contribution in [-0.4, -0.2) is 35.6 Å². The van der Waals surface area contributed by atoms with Crippen LogP contribution in [0.25, 0.3) is 0 Å². The SMILES string of the molecule is COc1cccc(C(=O)N(CC2CC2)C2CC2)c1O. The zero-order valence-corrected chi connectivity index (χ0v) is 11.1. The quantitative estimate of drug-likeness (QED) is 0.885. The van der Waals surface area contributed by atoms with Crippen molar-refractivity contribution in [2.24, 2.45) is 5.92 Å². The molecule has 102 valence electrons. The maximum absolute atomic E-state index is 12.6. The van der Waals surface area contributed by atoms with Crippen LogP contribution in [0.2, 0.25) is 0 Å². The summed E-state index contributed by atoms with van der Waals surface area (Å²) in [4.78, 5) is 14.5. The Balaban J connectivity index is 1.84. The zero-order chi connectivity index (χ0) is 13.4. The molecule has 0 heterocycles. The van der Waals surface area contributed by atoms with Gasteiger partial charge in [-0.25, -0.2) is 0 Å². The predicted molar refractivity (Wildman–Crippen MR) is 71.4 cm³/mol. The lowest BCUT2D eigenvalue weighted by Crippen LogP contribution is -2.35. The van der Waals surface area contributed by atoms with Crippen LogP contribution in [0.5, 0.6) is 11.5 Å². The van der Waals surface area contributed by atoms with Crippen molar-refractivity contribution in [1.29, 1.82) is 0 Å². The Labute approximate surface area is 113 Å². The number of para-hydroxylation sites is 1. The number of hydrogen-bond acceptors (Lipinski definition) is 3. The van der Waals surface area contributed by atoms with Crippen molar-refractivity contribution in [2.45, 2.75) is 31.7 Å². The second kappa shape index (κ2) is 4.76. The molecule has 0 aromatic heterocycles. The highest BCUT2D eigenvalue weighted by Gasteiger charge is 2.37. The zero-order valence-electron chi connectivity index (χ0n) is 11.1. The van der Waals surface area contributed by atoms with Crippen LogP contribution in [0.3, 0.4) is 0 Å². The molecule has 4 nitrogen and oxygen atoms in total. The van der Waals surface area contributed by atoms with E-state index in [-0.39, 0.29) is 11.7 Å². The van der Waals surface area contributed by atoms with Gasteiger partial charge in [-0.2, -0.15) is 0 Å². The summed E-state index contributed by atoms with van der Waals surface area (Å²) in [5.41, 5.74) is 0.354. The van der Waals surface area contributed by atoms with Crippen molar-refractivity contribution in [2.75, 3.05) is 13.7 Å². The van der Waals surface area contributed by atoms with Gasteiger partial charge in [0.05, 0.1) is 12.7 Å². The predicted octanol–water partition coefficient (Wildman–Crippen LogP) is 2.42. The first kappa shape index (κ1) is 12.3. The van der Waals surface area contributed by atoms with E-state index >= 15 is 0 Å². The maximum Gasteiger partial charge on any atom is 0.258 e. The molecule has 2 aliphatic rings. The molecular formula is C15H19NO3.